The Kier molecular flexibility index (Phi) is 7.79. The van der Waals surface area contributed by atoms with Gasteiger partial charge in [0, 0.05) is 18.6 Å². The van der Waals surface area contributed by atoms with Crippen molar-refractivity contribution in [2.75, 3.05) is 7.11 Å². The van der Waals surface area contributed by atoms with Crippen LogP contribution in [0, 0.1) is 11.8 Å². The van der Waals surface area contributed by atoms with Crippen molar-refractivity contribution in [3.63, 3.8) is 0 Å². The lowest BCUT2D eigenvalue weighted by Crippen LogP contribution is -2.52. The van der Waals surface area contributed by atoms with E-state index in [1.54, 1.807) is 12.1 Å². The van der Waals surface area contributed by atoms with E-state index < -0.39 is 29.9 Å². The average molecular weight is 558 g/mol. The molecule has 0 amide bonds. The molecule has 3 aliphatic rings. The van der Waals surface area contributed by atoms with E-state index in [1.807, 2.05) is 6.07 Å². The molecule has 2 heterocycles. The molecule has 2 unspecified atom stereocenters. The predicted molar refractivity (Wildman–Crippen MR) is 133 cm³/mol. The lowest BCUT2D eigenvalue weighted by molar-refractivity contribution is -0.185. The number of hydrogen-bond donors (Lipinski definition) is 0. The third kappa shape index (κ3) is 5.86. The molecule has 39 heavy (non-hydrogen) atoms. The van der Waals surface area contributed by atoms with E-state index in [-0.39, 0.29) is 60.8 Å². The van der Waals surface area contributed by atoms with Gasteiger partial charge in [0.05, 0.1) is 25.0 Å². The van der Waals surface area contributed by atoms with Gasteiger partial charge in [-0.05, 0) is 73.8 Å². The number of rotatable bonds is 5. The van der Waals surface area contributed by atoms with Crippen LogP contribution in [0.15, 0.2) is 30.3 Å². The maximum absolute atomic E-state index is 14.4. The zero-order chi connectivity index (χ0) is 27.9. The number of hydrogen-bond acceptors (Lipinski definition) is 4. The van der Waals surface area contributed by atoms with Gasteiger partial charge in [-0.3, -0.25) is 9.69 Å². The van der Waals surface area contributed by atoms with Crippen LogP contribution >= 0.6 is 0 Å². The number of esters is 1. The molecule has 3 fully saturated rings. The Morgan fingerprint density at radius 3 is 2.15 bits per heavy atom. The molecule has 2 aromatic carbocycles. The Balaban J connectivity index is 1.40. The zero-order valence-electron chi connectivity index (χ0n) is 21.8. The minimum absolute atomic E-state index is 0.0242. The first-order valence-electron chi connectivity index (χ1n) is 13.6. The van der Waals surface area contributed by atoms with Gasteiger partial charge >= 0.3 is 18.3 Å². The van der Waals surface area contributed by atoms with Gasteiger partial charge in [0.1, 0.15) is 11.3 Å². The highest BCUT2D eigenvalue weighted by molar-refractivity contribution is 5.91. The second-order valence-corrected chi connectivity index (χ2v) is 11.2. The minimum Gasteiger partial charge on any atom is -0.490 e. The van der Waals surface area contributed by atoms with E-state index >= 15 is 0 Å². The molecule has 2 aromatic rings. The first-order valence-corrected chi connectivity index (χ1v) is 13.6. The Bertz CT molecular complexity index is 1170. The van der Waals surface area contributed by atoms with Crippen molar-refractivity contribution in [3.8, 4) is 5.75 Å². The van der Waals surface area contributed by atoms with Crippen LogP contribution in [0.25, 0.3) is 10.8 Å². The van der Waals surface area contributed by atoms with Crippen LogP contribution in [0.5, 0.6) is 5.75 Å². The summed E-state index contributed by atoms with van der Waals surface area (Å²) in [4.78, 5) is 14.5. The zero-order valence-corrected chi connectivity index (χ0v) is 21.8. The first kappa shape index (κ1) is 28.1. The predicted octanol–water partition coefficient (Wildman–Crippen LogP) is 7.66. The molecule has 0 radical (unpaired) electrons. The Morgan fingerprint density at radius 2 is 1.56 bits per heavy atom. The summed E-state index contributed by atoms with van der Waals surface area (Å²) < 4.78 is 93.0. The highest BCUT2D eigenvalue weighted by atomic mass is 19.4. The highest BCUT2D eigenvalue weighted by Crippen LogP contribution is 2.45. The molecular formula is C29H33F6NO3. The topological polar surface area (TPSA) is 38.8 Å². The van der Waals surface area contributed by atoms with Crippen LogP contribution in [0.1, 0.15) is 68.9 Å². The SMILES string of the molecule is COC(=O)C1CC2CCCC(C1)N2Cc1cccc2c(C(F)(F)F)c(O[C@H]3CC[C@@H](C(F)(F)F)CC3)ccc12. The summed E-state index contributed by atoms with van der Waals surface area (Å²) in [5, 5.41) is 0.502. The quantitative estimate of drug-likeness (QED) is 0.280. The van der Waals surface area contributed by atoms with Crippen molar-refractivity contribution in [2.24, 2.45) is 11.8 Å². The molecule has 5 rings (SSSR count). The molecule has 2 atom stereocenters. The molecule has 2 aliphatic heterocycles. The Labute approximate surface area is 223 Å². The van der Waals surface area contributed by atoms with Gasteiger partial charge in [0.25, 0.3) is 0 Å². The Hall–Kier alpha value is -2.49. The van der Waals surface area contributed by atoms with Crippen LogP contribution < -0.4 is 4.74 Å². The summed E-state index contributed by atoms with van der Waals surface area (Å²) in [6.07, 6.45) is -5.61. The summed E-state index contributed by atoms with van der Waals surface area (Å²) in [6.45, 7) is 0.472. The molecule has 1 aliphatic carbocycles. The van der Waals surface area contributed by atoms with Crippen molar-refractivity contribution < 1.29 is 40.6 Å². The standard InChI is InChI=1S/C29H33F6NO3/c1-38-27(37)18-14-20-5-3-6-21(15-18)36(20)16-17-4-2-7-24-23(17)12-13-25(26(24)29(33,34)35)39-22-10-8-19(9-11-22)28(30,31)32/h2,4,7,12-13,18-22H,3,5-6,8-11,14-16H2,1H3/t18?,19-,20?,21?,22+. The number of piperidine rings is 2. The van der Waals surface area contributed by atoms with Crippen molar-refractivity contribution in [1.82, 2.24) is 4.90 Å². The van der Waals surface area contributed by atoms with Crippen LogP contribution in [0.4, 0.5) is 26.3 Å². The van der Waals surface area contributed by atoms with E-state index in [1.165, 1.54) is 19.2 Å². The summed E-state index contributed by atoms with van der Waals surface area (Å²) in [6, 6.07) is 8.15. The molecule has 1 saturated carbocycles. The largest absolute Gasteiger partial charge is 0.490 e. The lowest BCUT2D eigenvalue weighted by Gasteiger charge is -2.48. The van der Waals surface area contributed by atoms with Gasteiger partial charge < -0.3 is 9.47 Å². The maximum atomic E-state index is 14.4. The summed E-state index contributed by atoms with van der Waals surface area (Å²) in [7, 11) is 1.39. The minimum atomic E-state index is -4.70. The lowest BCUT2D eigenvalue weighted by atomic mass is 9.78. The van der Waals surface area contributed by atoms with Crippen LogP contribution in [0.3, 0.4) is 0 Å². The van der Waals surface area contributed by atoms with E-state index in [0.29, 0.717) is 24.8 Å². The van der Waals surface area contributed by atoms with E-state index in [2.05, 4.69) is 4.90 Å². The number of alkyl halides is 6. The molecule has 10 heteroatoms. The number of ether oxygens (including phenoxy) is 2. The van der Waals surface area contributed by atoms with Crippen molar-refractivity contribution in [1.29, 1.82) is 0 Å². The molecule has 0 N–H and O–H groups in total. The Morgan fingerprint density at radius 1 is 0.897 bits per heavy atom. The molecule has 0 aromatic heterocycles. The molecular weight excluding hydrogens is 524 g/mol. The maximum Gasteiger partial charge on any atom is 0.420 e. The highest BCUT2D eigenvalue weighted by Gasteiger charge is 2.44. The van der Waals surface area contributed by atoms with E-state index in [9.17, 15) is 31.1 Å². The smallest absolute Gasteiger partial charge is 0.420 e. The van der Waals surface area contributed by atoms with Crippen molar-refractivity contribution in [2.45, 2.75) is 94.9 Å². The monoisotopic (exact) mass is 557 g/mol. The van der Waals surface area contributed by atoms with Crippen molar-refractivity contribution in [3.05, 3.63) is 41.5 Å². The molecule has 4 nitrogen and oxygen atoms in total. The van der Waals surface area contributed by atoms with Gasteiger partial charge in [0.2, 0.25) is 0 Å². The van der Waals surface area contributed by atoms with Gasteiger partial charge in [-0.25, -0.2) is 0 Å². The van der Waals surface area contributed by atoms with Crippen LogP contribution in [-0.4, -0.2) is 42.3 Å². The van der Waals surface area contributed by atoms with Crippen LogP contribution in [0.2, 0.25) is 0 Å². The normalized spacial score (nSPS) is 28.3. The third-order valence-corrected chi connectivity index (χ3v) is 8.84. The number of fused-ring (bicyclic) bond motifs is 3. The second kappa shape index (κ2) is 10.8. The van der Waals surface area contributed by atoms with E-state index in [4.69, 9.17) is 9.47 Å². The number of halogens is 6. The van der Waals surface area contributed by atoms with Gasteiger partial charge in [-0.2, -0.15) is 26.3 Å². The summed E-state index contributed by atoms with van der Waals surface area (Å²) in [5.41, 5.74) is -0.118. The number of benzene rings is 2. The molecule has 0 spiro atoms. The van der Waals surface area contributed by atoms with Gasteiger partial charge in [-0.15, -0.1) is 0 Å². The second-order valence-electron chi connectivity index (χ2n) is 11.2. The fraction of sp³-hybridized carbons (Fsp3) is 0.621. The summed E-state index contributed by atoms with van der Waals surface area (Å²) >= 11 is 0. The number of nitrogens with zero attached hydrogens (tertiary/aromatic N) is 1. The molecule has 2 saturated heterocycles. The van der Waals surface area contributed by atoms with Gasteiger partial charge in [0.15, 0.2) is 0 Å². The number of carbonyl (C=O) groups excluding carboxylic acids is 1. The first-order chi connectivity index (χ1) is 18.5. The van der Waals surface area contributed by atoms with E-state index in [0.717, 1.165) is 24.8 Å². The fourth-order valence-electron chi connectivity index (χ4n) is 6.91. The third-order valence-electron chi connectivity index (χ3n) is 8.84. The van der Waals surface area contributed by atoms with Gasteiger partial charge in [-0.1, -0.05) is 30.7 Å². The molecule has 214 valence electrons. The van der Waals surface area contributed by atoms with Crippen molar-refractivity contribution >= 4 is 16.7 Å². The fourth-order valence-corrected chi connectivity index (χ4v) is 6.91. The average Bonchev–Trinajstić information content (AvgIpc) is 2.87. The number of methoxy groups -OCH3 is 1. The summed E-state index contributed by atoms with van der Waals surface area (Å²) in [5.74, 6) is -2.13. The molecule has 2 bridgehead atoms. The number of carbonyl (C=O) groups is 1. The van der Waals surface area contributed by atoms with Crippen LogP contribution in [-0.2, 0) is 22.3 Å².